The SMILES string of the molecule is C/C(=C\C=C\C(C)(C)O)CC=O. The summed E-state index contributed by atoms with van der Waals surface area (Å²) in [6, 6.07) is 0. The Balaban J connectivity index is 4.02. The molecule has 2 nitrogen and oxygen atoms in total. The highest BCUT2D eigenvalue weighted by molar-refractivity contribution is 5.54. The lowest BCUT2D eigenvalue weighted by Gasteiger charge is -2.09. The lowest BCUT2D eigenvalue weighted by atomic mass is 10.1. The van der Waals surface area contributed by atoms with Gasteiger partial charge in [-0.3, -0.25) is 0 Å². The molecule has 0 saturated carbocycles. The fourth-order valence-electron chi connectivity index (χ4n) is 0.647. The second-order valence-corrected chi connectivity index (χ2v) is 3.40. The standard InChI is InChI=1S/C10H16O2/c1-9(6-8-11)5-4-7-10(2,3)12/h4-5,7-8,12H,6H2,1-3H3/b7-4+,9-5+. The van der Waals surface area contributed by atoms with Crippen LogP contribution in [0.4, 0.5) is 0 Å². The number of rotatable bonds is 4. The van der Waals surface area contributed by atoms with E-state index in [1.165, 1.54) is 0 Å². The van der Waals surface area contributed by atoms with Gasteiger partial charge in [0.1, 0.15) is 6.29 Å². The molecule has 0 saturated heterocycles. The molecule has 0 atom stereocenters. The number of carbonyl (C=O) groups excluding carboxylic acids is 1. The third-order valence-electron chi connectivity index (χ3n) is 1.29. The van der Waals surface area contributed by atoms with Crippen molar-refractivity contribution >= 4 is 6.29 Å². The van der Waals surface area contributed by atoms with E-state index < -0.39 is 5.60 Å². The molecule has 0 fully saturated rings. The molecule has 68 valence electrons. The minimum atomic E-state index is -0.780. The van der Waals surface area contributed by atoms with E-state index in [1.807, 2.05) is 13.0 Å². The van der Waals surface area contributed by atoms with Crippen molar-refractivity contribution in [2.24, 2.45) is 0 Å². The van der Waals surface area contributed by atoms with Gasteiger partial charge in [-0.05, 0) is 20.8 Å². The fourth-order valence-corrected chi connectivity index (χ4v) is 0.647. The summed E-state index contributed by atoms with van der Waals surface area (Å²) in [6.07, 6.45) is 6.59. The zero-order valence-corrected chi connectivity index (χ0v) is 7.87. The fraction of sp³-hybridized carbons (Fsp3) is 0.500. The monoisotopic (exact) mass is 168 g/mol. The molecule has 0 amide bonds. The van der Waals surface area contributed by atoms with Crippen LogP contribution >= 0.6 is 0 Å². The smallest absolute Gasteiger partial charge is 0.124 e. The normalized spacial score (nSPS) is 13.8. The van der Waals surface area contributed by atoms with E-state index in [0.29, 0.717) is 6.42 Å². The van der Waals surface area contributed by atoms with Crippen LogP contribution in [0.15, 0.2) is 23.8 Å². The Labute approximate surface area is 73.6 Å². The van der Waals surface area contributed by atoms with Crippen LogP contribution in [0, 0.1) is 0 Å². The van der Waals surface area contributed by atoms with E-state index in [-0.39, 0.29) is 0 Å². The molecule has 0 aliphatic heterocycles. The third-order valence-corrected chi connectivity index (χ3v) is 1.29. The van der Waals surface area contributed by atoms with E-state index >= 15 is 0 Å². The number of hydrogen-bond acceptors (Lipinski definition) is 2. The Kier molecular flexibility index (Phi) is 4.52. The van der Waals surface area contributed by atoms with Gasteiger partial charge in [-0.1, -0.05) is 23.8 Å². The largest absolute Gasteiger partial charge is 0.386 e. The van der Waals surface area contributed by atoms with Gasteiger partial charge in [0.15, 0.2) is 0 Å². The lowest BCUT2D eigenvalue weighted by molar-refractivity contribution is -0.107. The molecule has 0 rings (SSSR count). The maximum atomic E-state index is 10.1. The number of carbonyl (C=O) groups is 1. The number of hydrogen-bond donors (Lipinski definition) is 1. The second-order valence-electron chi connectivity index (χ2n) is 3.40. The van der Waals surface area contributed by atoms with E-state index in [4.69, 9.17) is 0 Å². The summed E-state index contributed by atoms with van der Waals surface area (Å²) in [5.74, 6) is 0. The van der Waals surface area contributed by atoms with Gasteiger partial charge in [0.2, 0.25) is 0 Å². The summed E-state index contributed by atoms with van der Waals surface area (Å²) in [6.45, 7) is 5.28. The van der Waals surface area contributed by atoms with Gasteiger partial charge in [-0.15, -0.1) is 0 Å². The Hall–Kier alpha value is -0.890. The molecule has 2 heteroatoms. The predicted molar refractivity (Wildman–Crippen MR) is 49.9 cm³/mol. The van der Waals surface area contributed by atoms with Crippen LogP contribution in [0.25, 0.3) is 0 Å². The van der Waals surface area contributed by atoms with Crippen LogP contribution in [-0.4, -0.2) is 17.0 Å². The maximum Gasteiger partial charge on any atom is 0.124 e. The number of allylic oxidation sites excluding steroid dienone is 3. The highest BCUT2D eigenvalue weighted by atomic mass is 16.3. The summed E-state index contributed by atoms with van der Waals surface area (Å²) in [7, 11) is 0. The molecular weight excluding hydrogens is 152 g/mol. The molecule has 0 aliphatic carbocycles. The molecule has 0 bridgehead atoms. The molecule has 0 aromatic carbocycles. The van der Waals surface area contributed by atoms with Crippen LogP contribution in [0.5, 0.6) is 0 Å². The zero-order chi connectivity index (χ0) is 9.61. The first-order chi connectivity index (χ1) is 5.45. The van der Waals surface area contributed by atoms with Gasteiger partial charge in [0.25, 0.3) is 0 Å². The third kappa shape index (κ3) is 7.22. The van der Waals surface area contributed by atoms with Crippen molar-refractivity contribution in [3.8, 4) is 0 Å². The Morgan fingerprint density at radius 3 is 2.50 bits per heavy atom. The van der Waals surface area contributed by atoms with Gasteiger partial charge in [0, 0.05) is 6.42 Å². The highest BCUT2D eigenvalue weighted by Gasteiger charge is 2.04. The zero-order valence-electron chi connectivity index (χ0n) is 7.87. The van der Waals surface area contributed by atoms with Crippen LogP contribution in [-0.2, 0) is 4.79 Å². The van der Waals surface area contributed by atoms with E-state index in [1.54, 1.807) is 26.0 Å². The maximum absolute atomic E-state index is 10.1. The predicted octanol–water partition coefficient (Wildman–Crippen LogP) is 1.85. The Morgan fingerprint density at radius 1 is 1.50 bits per heavy atom. The highest BCUT2D eigenvalue weighted by Crippen LogP contribution is 2.04. The molecule has 0 aromatic rings. The average Bonchev–Trinajstić information content (AvgIpc) is 1.84. The second kappa shape index (κ2) is 4.88. The van der Waals surface area contributed by atoms with Crippen molar-refractivity contribution in [2.75, 3.05) is 0 Å². The molecule has 12 heavy (non-hydrogen) atoms. The number of aliphatic hydroxyl groups is 1. The average molecular weight is 168 g/mol. The van der Waals surface area contributed by atoms with Crippen LogP contribution in [0.3, 0.4) is 0 Å². The van der Waals surface area contributed by atoms with E-state index in [2.05, 4.69) is 0 Å². The quantitative estimate of drug-likeness (QED) is 0.514. The van der Waals surface area contributed by atoms with Crippen LogP contribution < -0.4 is 0 Å². The molecule has 0 aromatic heterocycles. The molecule has 0 heterocycles. The first-order valence-electron chi connectivity index (χ1n) is 3.97. The van der Waals surface area contributed by atoms with Crippen molar-refractivity contribution in [1.29, 1.82) is 0 Å². The van der Waals surface area contributed by atoms with Gasteiger partial charge < -0.3 is 9.90 Å². The van der Waals surface area contributed by atoms with Crippen molar-refractivity contribution in [3.05, 3.63) is 23.8 Å². The summed E-state index contributed by atoms with van der Waals surface area (Å²) in [5, 5.41) is 9.27. The van der Waals surface area contributed by atoms with Crippen LogP contribution in [0.1, 0.15) is 27.2 Å². The first-order valence-corrected chi connectivity index (χ1v) is 3.97. The first kappa shape index (κ1) is 11.1. The summed E-state index contributed by atoms with van der Waals surface area (Å²) in [5.41, 5.74) is 0.211. The van der Waals surface area contributed by atoms with E-state index in [0.717, 1.165) is 11.9 Å². The summed E-state index contributed by atoms with van der Waals surface area (Å²) < 4.78 is 0. The van der Waals surface area contributed by atoms with E-state index in [9.17, 15) is 9.90 Å². The molecule has 1 N–H and O–H groups in total. The minimum absolute atomic E-state index is 0.455. The van der Waals surface area contributed by atoms with Crippen molar-refractivity contribution in [1.82, 2.24) is 0 Å². The molecule has 0 radical (unpaired) electrons. The number of aldehydes is 1. The van der Waals surface area contributed by atoms with Gasteiger partial charge in [0.05, 0.1) is 5.60 Å². The van der Waals surface area contributed by atoms with Gasteiger partial charge in [-0.2, -0.15) is 0 Å². The molecular formula is C10H16O2. The van der Waals surface area contributed by atoms with Crippen molar-refractivity contribution in [3.63, 3.8) is 0 Å². The minimum Gasteiger partial charge on any atom is -0.386 e. The molecule has 0 spiro atoms. The van der Waals surface area contributed by atoms with Crippen molar-refractivity contribution in [2.45, 2.75) is 32.8 Å². The Bertz CT molecular complexity index is 194. The Morgan fingerprint density at radius 2 is 2.08 bits per heavy atom. The molecule has 0 unspecified atom stereocenters. The summed E-state index contributed by atoms with van der Waals surface area (Å²) in [4.78, 5) is 10.1. The van der Waals surface area contributed by atoms with Crippen molar-refractivity contribution < 1.29 is 9.90 Å². The van der Waals surface area contributed by atoms with Gasteiger partial charge in [-0.25, -0.2) is 0 Å². The lowest BCUT2D eigenvalue weighted by Crippen LogP contribution is -2.13. The van der Waals surface area contributed by atoms with Gasteiger partial charge >= 0.3 is 0 Å². The van der Waals surface area contributed by atoms with Crippen LogP contribution in [0.2, 0.25) is 0 Å². The molecule has 0 aliphatic rings. The topological polar surface area (TPSA) is 37.3 Å². The summed E-state index contributed by atoms with van der Waals surface area (Å²) >= 11 is 0.